The Morgan fingerprint density at radius 1 is 1.08 bits per heavy atom. The molecular weight excluding hydrogens is 348 g/mol. The molecule has 2 aliphatic rings. The topological polar surface area (TPSA) is 95.8 Å². The van der Waals surface area contributed by atoms with Crippen LogP contribution in [0.5, 0.6) is 0 Å². The number of rotatable bonds is 3. The van der Waals surface area contributed by atoms with Crippen molar-refractivity contribution in [1.82, 2.24) is 15.1 Å². The Kier molecular flexibility index (Phi) is 6.33. The molecule has 0 radical (unpaired) electrons. The van der Waals surface area contributed by atoms with Crippen molar-refractivity contribution in [3.63, 3.8) is 0 Å². The molecule has 1 unspecified atom stereocenters. The number of nitrogens with zero attached hydrogens (tertiary/aromatic N) is 3. The zero-order chi connectivity index (χ0) is 17.1. The molecule has 1 atom stereocenters. The van der Waals surface area contributed by atoms with Crippen LogP contribution in [0.25, 0.3) is 0 Å². The number of benzene rings is 1. The summed E-state index contributed by atoms with van der Waals surface area (Å²) in [6, 6.07) is 5.62. The van der Waals surface area contributed by atoms with Crippen molar-refractivity contribution < 1.29 is 14.5 Å². The van der Waals surface area contributed by atoms with E-state index in [1.54, 1.807) is 4.90 Å². The van der Waals surface area contributed by atoms with Crippen LogP contribution in [0.3, 0.4) is 0 Å². The first-order valence-electron chi connectivity index (χ1n) is 8.09. The van der Waals surface area contributed by atoms with Crippen molar-refractivity contribution in [3.8, 4) is 0 Å². The zero-order valence-electron chi connectivity index (χ0n) is 13.7. The molecule has 2 saturated heterocycles. The van der Waals surface area contributed by atoms with Gasteiger partial charge in [0, 0.05) is 50.4 Å². The molecule has 2 amide bonds. The van der Waals surface area contributed by atoms with E-state index in [-0.39, 0.29) is 35.8 Å². The van der Waals surface area contributed by atoms with Gasteiger partial charge in [-0.1, -0.05) is 0 Å². The third-order valence-electron chi connectivity index (χ3n) is 4.61. The molecule has 2 fully saturated rings. The van der Waals surface area contributed by atoms with Gasteiger partial charge in [-0.05, 0) is 25.1 Å². The summed E-state index contributed by atoms with van der Waals surface area (Å²) in [5.41, 5.74) is 0.396. The molecule has 0 aromatic heterocycles. The second-order valence-corrected chi connectivity index (χ2v) is 6.11. The predicted octanol–water partition coefficient (Wildman–Crippen LogP) is 0.911. The number of nitrogens with one attached hydrogen (secondary N) is 1. The molecule has 0 saturated carbocycles. The zero-order valence-corrected chi connectivity index (χ0v) is 14.5. The van der Waals surface area contributed by atoms with E-state index in [0.717, 1.165) is 19.5 Å². The number of hydrogen-bond donors (Lipinski definition) is 1. The van der Waals surface area contributed by atoms with Crippen molar-refractivity contribution in [1.29, 1.82) is 0 Å². The first-order chi connectivity index (χ1) is 11.6. The van der Waals surface area contributed by atoms with Gasteiger partial charge in [0.05, 0.1) is 10.8 Å². The quantitative estimate of drug-likeness (QED) is 0.632. The lowest BCUT2D eigenvalue weighted by atomic mass is 10.1. The number of nitro benzene ring substituents is 1. The minimum atomic E-state index is -0.490. The molecule has 2 aliphatic heterocycles. The molecule has 136 valence electrons. The van der Waals surface area contributed by atoms with E-state index >= 15 is 0 Å². The molecule has 1 aromatic carbocycles. The third-order valence-corrected chi connectivity index (χ3v) is 4.61. The Morgan fingerprint density at radius 3 is 2.20 bits per heavy atom. The molecule has 3 rings (SSSR count). The van der Waals surface area contributed by atoms with Gasteiger partial charge in [0.25, 0.3) is 11.6 Å². The van der Waals surface area contributed by atoms with Crippen LogP contribution >= 0.6 is 12.4 Å². The molecule has 8 nitrogen and oxygen atoms in total. The van der Waals surface area contributed by atoms with E-state index in [9.17, 15) is 19.7 Å². The van der Waals surface area contributed by atoms with Crippen molar-refractivity contribution in [2.24, 2.45) is 5.92 Å². The Morgan fingerprint density at radius 2 is 1.68 bits per heavy atom. The number of non-ortho nitro benzene ring substituents is 1. The number of carbonyl (C=O) groups excluding carboxylic acids is 2. The summed E-state index contributed by atoms with van der Waals surface area (Å²) in [6.45, 7) is 3.67. The maximum atomic E-state index is 12.5. The fourth-order valence-electron chi connectivity index (χ4n) is 3.16. The highest BCUT2D eigenvalue weighted by molar-refractivity contribution is 5.94. The Balaban J connectivity index is 0.00000225. The number of amides is 2. The van der Waals surface area contributed by atoms with Crippen molar-refractivity contribution in [3.05, 3.63) is 39.9 Å². The summed E-state index contributed by atoms with van der Waals surface area (Å²) in [5.74, 6) is 0.0730. The Bertz CT molecular complexity index is 638. The molecule has 0 bridgehead atoms. The smallest absolute Gasteiger partial charge is 0.269 e. The van der Waals surface area contributed by atoms with Gasteiger partial charge in [0.2, 0.25) is 5.91 Å². The molecule has 1 aromatic rings. The lowest BCUT2D eigenvalue weighted by molar-refractivity contribution is -0.384. The first kappa shape index (κ1) is 19.1. The van der Waals surface area contributed by atoms with E-state index in [2.05, 4.69) is 5.32 Å². The molecule has 25 heavy (non-hydrogen) atoms. The molecule has 1 N–H and O–H groups in total. The van der Waals surface area contributed by atoms with Crippen LogP contribution in [0.1, 0.15) is 16.8 Å². The maximum absolute atomic E-state index is 12.5. The normalized spacial score (nSPS) is 20.1. The minimum Gasteiger partial charge on any atom is -0.339 e. The largest absolute Gasteiger partial charge is 0.339 e. The van der Waals surface area contributed by atoms with Crippen LogP contribution in [-0.4, -0.2) is 65.8 Å². The highest BCUT2D eigenvalue weighted by atomic mass is 35.5. The predicted molar refractivity (Wildman–Crippen MR) is 93.8 cm³/mol. The third kappa shape index (κ3) is 4.26. The Hall–Kier alpha value is -2.19. The minimum absolute atomic E-state index is 0. The number of carbonyl (C=O) groups is 2. The van der Waals surface area contributed by atoms with Crippen molar-refractivity contribution >= 4 is 29.9 Å². The molecule has 9 heteroatoms. The molecular formula is C16H21ClN4O4. The average Bonchev–Trinajstić information content (AvgIpc) is 3.15. The highest BCUT2D eigenvalue weighted by Gasteiger charge is 2.30. The number of nitro groups is 1. The fraction of sp³-hybridized carbons (Fsp3) is 0.500. The van der Waals surface area contributed by atoms with Gasteiger partial charge in [-0.2, -0.15) is 0 Å². The lowest BCUT2D eigenvalue weighted by Gasteiger charge is -2.36. The van der Waals surface area contributed by atoms with Gasteiger partial charge in [-0.15, -0.1) is 12.4 Å². The fourth-order valence-corrected chi connectivity index (χ4v) is 3.16. The monoisotopic (exact) mass is 368 g/mol. The second kappa shape index (κ2) is 8.26. The highest BCUT2D eigenvalue weighted by Crippen LogP contribution is 2.17. The second-order valence-electron chi connectivity index (χ2n) is 6.11. The van der Waals surface area contributed by atoms with Crippen LogP contribution in [0.15, 0.2) is 24.3 Å². The summed E-state index contributed by atoms with van der Waals surface area (Å²) >= 11 is 0. The van der Waals surface area contributed by atoms with Crippen LogP contribution in [-0.2, 0) is 4.79 Å². The van der Waals surface area contributed by atoms with Crippen molar-refractivity contribution in [2.75, 3.05) is 39.3 Å². The maximum Gasteiger partial charge on any atom is 0.269 e. The summed E-state index contributed by atoms with van der Waals surface area (Å²) in [5, 5.41) is 13.9. The van der Waals surface area contributed by atoms with Crippen molar-refractivity contribution in [2.45, 2.75) is 6.42 Å². The van der Waals surface area contributed by atoms with E-state index < -0.39 is 4.92 Å². The SMILES string of the molecule is Cl.O=C(c1ccc([N+](=O)[O-])cc1)N1CCN(C(=O)C2CCNC2)CC1. The first-order valence-corrected chi connectivity index (χ1v) is 8.09. The van der Waals surface area contributed by atoms with Gasteiger partial charge in [-0.3, -0.25) is 19.7 Å². The summed E-state index contributed by atoms with van der Waals surface area (Å²) in [7, 11) is 0. The van der Waals surface area contributed by atoms with Gasteiger partial charge in [-0.25, -0.2) is 0 Å². The van der Waals surface area contributed by atoms with Crippen LogP contribution in [0, 0.1) is 16.0 Å². The number of piperazine rings is 1. The molecule has 2 heterocycles. The van der Waals surface area contributed by atoms with E-state index in [1.807, 2.05) is 4.90 Å². The Labute approximate surface area is 151 Å². The summed E-state index contributed by atoms with van der Waals surface area (Å²) < 4.78 is 0. The van der Waals surface area contributed by atoms with Crippen LogP contribution < -0.4 is 5.32 Å². The molecule has 0 aliphatic carbocycles. The van der Waals surface area contributed by atoms with Gasteiger partial charge < -0.3 is 15.1 Å². The van der Waals surface area contributed by atoms with E-state index in [4.69, 9.17) is 0 Å². The standard InChI is InChI=1S/C16H20N4O4.ClH/c21-15(12-1-3-14(4-2-12)20(23)24)18-7-9-19(10-8-18)16(22)13-5-6-17-11-13;/h1-4,13,17H,5-11H2;1H. The van der Waals surface area contributed by atoms with Gasteiger partial charge in [0.15, 0.2) is 0 Å². The van der Waals surface area contributed by atoms with E-state index in [0.29, 0.717) is 31.7 Å². The summed E-state index contributed by atoms with van der Waals surface area (Å²) in [6.07, 6.45) is 0.876. The number of halogens is 1. The van der Waals surface area contributed by atoms with E-state index in [1.165, 1.54) is 24.3 Å². The van der Waals surface area contributed by atoms with Gasteiger partial charge in [0.1, 0.15) is 0 Å². The van der Waals surface area contributed by atoms with Gasteiger partial charge >= 0.3 is 0 Å². The molecule has 0 spiro atoms. The lowest BCUT2D eigenvalue weighted by Crippen LogP contribution is -2.52. The van der Waals surface area contributed by atoms with Crippen LogP contribution in [0.2, 0.25) is 0 Å². The van der Waals surface area contributed by atoms with Crippen LogP contribution in [0.4, 0.5) is 5.69 Å². The summed E-state index contributed by atoms with van der Waals surface area (Å²) in [4.78, 5) is 38.5. The average molecular weight is 369 g/mol. The number of hydrogen-bond acceptors (Lipinski definition) is 5.